The molecule has 11 heteroatoms. The van der Waals surface area contributed by atoms with E-state index in [4.69, 9.17) is 9.47 Å². The predicted molar refractivity (Wildman–Crippen MR) is 112 cm³/mol. The third-order valence-corrected chi connectivity index (χ3v) is 5.40. The third-order valence-electron chi connectivity index (χ3n) is 5.40. The second kappa shape index (κ2) is 8.65. The van der Waals surface area contributed by atoms with Gasteiger partial charge in [0.15, 0.2) is 11.5 Å². The first-order valence-electron chi connectivity index (χ1n) is 9.94. The second-order valence-electron chi connectivity index (χ2n) is 7.40. The molecule has 0 aliphatic carbocycles. The number of aromatic amines is 1. The zero-order valence-electron chi connectivity index (χ0n) is 17.6. The normalized spacial score (nSPS) is 15.2. The average Bonchev–Trinajstić information content (AvgIpc) is 2.78. The number of rotatable bonds is 5. The zero-order chi connectivity index (χ0) is 22.9. The lowest BCUT2D eigenvalue weighted by Gasteiger charge is -2.35. The van der Waals surface area contributed by atoms with Crippen LogP contribution in [0, 0.1) is 0 Å². The van der Waals surface area contributed by atoms with Gasteiger partial charge in [0, 0.05) is 38.4 Å². The van der Waals surface area contributed by atoms with Crippen LogP contribution in [0.2, 0.25) is 0 Å². The summed E-state index contributed by atoms with van der Waals surface area (Å²) in [5.41, 5.74) is -0.520. The molecule has 0 saturated carbocycles. The van der Waals surface area contributed by atoms with Crippen LogP contribution >= 0.6 is 0 Å². The summed E-state index contributed by atoms with van der Waals surface area (Å²) < 4.78 is 48.7. The van der Waals surface area contributed by atoms with Crippen molar-refractivity contribution in [2.24, 2.45) is 0 Å². The smallest absolute Gasteiger partial charge is 0.417 e. The van der Waals surface area contributed by atoms with Gasteiger partial charge in [-0.15, -0.1) is 0 Å². The molecule has 3 heterocycles. The van der Waals surface area contributed by atoms with E-state index in [-0.39, 0.29) is 5.56 Å². The number of benzene rings is 1. The number of H-pyrrole nitrogens is 1. The van der Waals surface area contributed by atoms with E-state index in [1.165, 1.54) is 20.3 Å². The van der Waals surface area contributed by atoms with Gasteiger partial charge < -0.3 is 19.4 Å². The first kappa shape index (κ1) is 21.9. The Morgan fingerprint density at radius 3 is 2.34 bits per heavy atom. The van der Waals surface area contributed by atoms with E-state index >= 15 is 0 Å². The highest BCUT2D eigenvalue weighted by molar-refractivity contribution is 5.81. The minimum atomic E-state index is -4.40. The molecule has 0 atom stereocenters. The van der Waals surface area contributed by atoms with Crippen LogP contribution in [-0.4, -0.2) is 60.3 Å². The van der Waals surface area contributed by atoms with E-state index in [1.54, 1.807) is 12.1 Å². The lowest BCUT2D eigenvalue weighted by Crippen LogP contribution is -2.46. The summed E-state index contributed by atoms with van der Waals surface area (Å²) in [6, 6.07) is 5.70. The van der Waals surface area contributed by atoms with Gasteiger partial charge in [-0.05, 0) is 18.2 Å². The molecule has 1 N–H and O–H groups in total. The van der Waals surface area contributed by atoms with Crippen molar-refractivity contribution in [1.82, 2.24) is 19.9 Å². The Morgan fingerprint density at radius 1 is 1.06 bits per heavy atom. The van der Waals surface area contributed by atoms with Crippen molar-refractivity contribution < 1.29 is 22.6 Å². The SMILES string of the molecule is COc1cc2nc(CN3CCN(c4ccc(C(F)(F)F)cn4)CC3)[nH]c(=O)c2cc1OC. The van der Waals surface area contributed by atoms with Crippen molar-refractivity contribution >= 4 is 16.7 Å². The van der Waals surface area contributed by atoms with E-state index in [1.807, 2.05) is 4.90 Å². The summed E-state index contributed by atoms with van der Waals surface area (Å²) in [6.07, 6.45) is -3.54. The van der Waals surface area contributed by atoms with Gasteiger partial charge in [-0.1, -0.05) is 0 Å². The Kier molecular flexibility index (Phi) is 5.92. The largest absolute Gasteiger partial charge is 0.493 e. The van der Waals surface area contributed by atoms with Crippen molar-refractivity contribution in [3.05, 3.63) is 52.2 Å². The third kappa shape index (κ3) is 4.47. The first-order chi connectivity index (χ1) is 15.3. The number of hydrogen-bond acceptors (Lipinski definition) is 7. The van der Waals surface area contributed by atoms with Crippen LogP contribution in [-0.2, 0) is 12.7 Å². The molecule has 0 radical (unpaired) electrons. The topological polar surface area (TPSA) is 83.6 Å². The number of pyridine rings is 1. The van der Waals surface area contributed by atoms with Crippen LogP contribution in [0.3, 0.4) is 0 Å². The van der Waals surface area contributed by atoms with Gasteiger partial charge in [0.1, 0.15) is 11.6 Å². The van der Waals surface area contributed by atoms with Crippen molar-refractivity contribution in [3.8, 4) is 11.5 Å². The highest BCUT2D eigenvalue weighted by Crippen LogP contribution is 2.31. The van der Waals surface area contributed by atoms with Crippen molar-refractivity contribution in [2.75, 3.05) is 45.3 Å². The Morgan fingerprint density at radius 2 is 1.75 bits per heavy atom. The van der Waals surface area contributed by atoms with E-state index in [2.05, 4.69) is 19.9 Å². The summed E-state index contributed by atoms with van der Waals surface area (Å²) in [7, 11) is 3.02. The van der Waals surface area contributed by atoms with Crippen LogP contribution in [0.1, 0.15) is 11.4 Å². The lowest BCUT2D eigenvalue weighted by molar-refractivity contribution is -0.137. The molecule has 4 rings (SSSR count). The molecular weight excluding hydrogens is 427 g/mol. The molecule has 1 aliphatic rings. The molecule has 0 amide bonds. The molecule has 2 aromatic heterocycles. The van der Waals surface area contributed by atoms with Gasteiger partial charge in [0.2, 0.25) is 0 Å². The minimum absolute atomic E-state index is 0.265. The maximum Gasteiger partial charge on any atom is 0.417 e. The van der Waals surface area contributed by atoms with Gasteiger partial charge in [0.25, 0.3) is 5.56 Å². The minimum Gasteiger partial charge on any atom is -0.493 e. The second-order valence-corrected chi connectivity index (χ2v) is 7.40. The summed E-state index contributed by atoms with van der Waals surface area (Å²) >= 11 is 0. The van der Waals surface area contributed by atoms with Crippen LogP contribution in [0.25, 0.3) is 10.9 Å². The van der Waals surface area contributed by atoms with Gasteiger partial charge in [-0.2, -0.15) is 13.2 Å². The number of halogens is 3. The Hall–Kier alpha value is -3.34. The maximum atomic E-state index is 12.7. The number of hydrogen-bond donors (Lipinski definition) is 1. The molecule has 0 bridgehead atoms. The Bertz CT molecular complexity index is 1160. The number of nitrogens with zero attached hydrogens (tertiary/aromatic N) is 4. The molecule has 1 aromatic carbocycles. The number of fused-ring (bicyclic) bond motifs is 1. The molecule has 3 aromatic rings. The molecule has 0 unspecified atom stereocenters. The number of alkyl halides is 3. The molecule has 1 aliphatic heterocycles. The quantitative estimate of drug-likeness (QED) is 0.641. The molecule has 8 nitrogen and oxygen atoms in total. The first-order valence-corrected chi connectivity index (χ1v) is 9.94. The molecule has 170 valence electrons. The number of methoxy groups -OCH3 is 2. The highest BCUT2D eigenvalue weighted by atomic mass is 19.4. The number of aromatic nitrogens is 3. The van der Waals surface area contributed by atoms with Crippen molar-refractivity contribution in [2.45, 2.75) is 12.7 Å². The predicted octanol–water partition coefficient (Wildman–Crippen LogP) is 2.68. The fraction of sp³-hybridized carbons (Fsp3) is 0.381. The average molecular weight is 449 g/mol. The molecular formula is C21H22F3N5O3. The monoisotopic (exact) mass is 449 g/mol. The van der Waals surface area contributed by atoms with Crippen LogP contribution in [0.4, 0.5) is 19.0 Å². The van der Waals surface area contributed by atoms with E-state index in [0.717, 1.165) is 12.3 Å². The molecule has 32 heavy (non-hydrogen) atoms. The fourth-order valence-electron chi connectivity index (χ4n) is 3.68. The summed E-state index contributed by atoms with van der Waals surface area (Å²) in [4.78, 5) is 27.9. The highest BCUT2D eigenvalue weighted by Gasteiger charge is 2.31. The summed E-state index contributed by atoms with van der Waals surface area (Å²) in [6.45, 7) is 2.93. The number of nitrogens with one attached hydrogen (secondary N) is 1. The standard InChI is InChI=1S/C21H22F3N5O3/c1-31-16-9-14-15(10-17(16)32-2)26-18(27-20(14)30)12-28-5-7-29(8-6-28)19-4-3-13(11-25-19)21(22,23)24/h3-4,9-11H,5-8,12H2,1-2H3,(H,26,27,30). The lowest BCUT2D eigenvalue weighted by atomic mass is 10.2. The molecule has 1 saturated heterocycles. The zero-order valence-corrected chi connectivity index (χ0v) is 17.6. The fourth-order valence-corrected chi connectivity index (χ4v) is 3.68. The summed E-state index contributed by atoms with van der Waals surface area (Å²) in [5, 5.41) is 0.407. The number of anilines is 1. The van der Waals surface area contributed by atoms with E-state index in [9.17, 15) is 18.0 Å². The van der Waals surface area contributed by atoms with E-state index < -0.39 is 11.7 Å². The molecule has 0 spiro atoms. The summed E-state index contributed by atoms with van der Waals surface area (Å²) in [5.74, 6) is 1.97. The van der Waals surface area contributed by atoms with Gasteiger partial charge in [-0.25, -0.2) is 9.97 Å². The van der Waals surface area contributed by atoms with Gasteiger partial charge in [-0.3, -0.25) is 9.69 Å². The maximum absolute atomic E-state index is 12.7. The van der Waals surface area contributed by atoms with Gasteiger partial charge >= 0.3 is 6.18 Å². The van der Waals surface area contributed by atoms with Crippen molar-refractivity contribution in [1.29, 1.82) is 0 Å². The Labute approximate surface area is 181 Å². The number of piperazine rings is 1. The van der Waals surface area contributed by atoms with Crippen LogP contribution in [0.5, 0.6) is 11.5 Å². The van der Waals surface area contributed by atoms with Gasteiger partial charge in [0.05, 0.1) is 37.2 Å². The van der Waals surface area contributed by atoms with Crippen LogP contribution in [0.15, 0.2) is 35.3 Å². The molecule has 1 fully saturated rings. The van der Waals surface area contributed by atoms with E-state index in [0.29, 0.717) is 66.8 Å². The Balaban J connectivity index is 1.44. The number of ether oxygens (including phenoxy) is 2. The van der Waals surface area contributed by atoms with Crippen LogP contribution < -0.4 is 19.9 Å². The van der Waals surface area contributed by atoms with Crippen molar-refractivity contribution in [3.63, 3.8) is 0 Å².